The molecule has 0 spiro atoms. The van der Waals surface area contributed by atoms with Crippen LogP contribution in [-0.4, -0.2) is 25.7 Å². The lowest BCUT2D eigenvalue weighted by atomic mass is 10.2. The third-order valence-corrected chi connectivity index (χ3v) is 4.37. The predicted octanol–water partition coefficient (Wildman–Crippen LogP) is 1.99. The van der Waals surface area contributed by atoms with Crippen LogP contribution in [0.2, 0.25) is 0 Å². The average molecular weight is 296 g/mol. The minimum absolute atomic E-state index is 0.0235. The Bertz CT molecular complexity index is 448. The number of thiophene rings is 2. The fourth-order valence-electron chi connectivity index (χ4n) is 1.70. The zero-order valence-electron chi connectivity index (χ0n) is 10.4. The van der Waals surface area contributed by atoms with Gasteiger partial charge in [-0.25, -0.2) is 0 Å². The highest BCUT2D eigenvalue weighted by Gasteiger charge is 2.15. The van der Waals surface area contributed by atoms with Gasteiger partial charge < -0.3 is 15.8 Å². The van der Waals surface area contributed by atoms with Crippen molar-refractivity contribution >= 4 is 28.6 Å². The van der Waals surface area contributed by atoms with Crippen molar-refractivity contribution in [1.29, 1.82) is 0 Å². The molecule has 102 valence electrons. The SMILES string of the molecule is NC(=O)COCCNC(c1cccs1)c1cccs1. The summed E-state index contributed by atoms with van der Waals surface area (Å²) in [5.41, 5.74) is 5.01. The second-order valence-corrected chi connectivity index (χ2v) is 5.90. The molecule has 2 aromatic heterocycles. The van der Waals surface area contributed by atoms with Crippen molar-refractivity contribution in [2.45, 2.75) is 6.04 Å². The van der Waals surface area contributed by atoms with E-state index >= 15 is 0 Å². The summed E-state index contributed by atoms with van der Waals surface area (Å²) in [6, 6.07) is 8.52. The number of nitrogens with one attached hydrogen (secondary N) is 1. The van der Waals surface area contributed by atoms with Gasteiger partial charge in [0, 0.05) is 16.3 Å². The zero-order valence-corrected chi connectivity index (χ0v) is 12.0. The first-order valence-corrected chi connectivity index (χ1v) is 7.69. The number of rotatable bonds is 8. The summed E-state index contributed by atoms with van der Waals surface area (Å²) >= 11 is 3.45. The third-order valence-electron chi connectivity index (χ3n) is 2.49. The van der Waals surface area contributed by atoms with Crippen molar-refractivity contribution in [1.82, 2.24) is 5.32 Å². The summed E-state index contributed by atoms with van der Waals surface area (Å²) in [7, 11) is 0. The summed E-state index contributed by atoms with van der Waals surface area (Å²) < 4.78 is 5.15. The van der Waals surface area contributed by atoms with Gasteiger partial charge in [-0.1, -0.05) is 12.1 Å². The Morgan fingerprint density at radius 1 is 1.26 bits per heavy atom. The van der Waals surface area contributed by atoms with Gasteiger partial charge in [-0.3, -0.25) is 4.79 Å². The van der Waals surface area contributed by atoms with Crippen LogP contribution in [-0.2, 0) is 9.53 Å². The predicted molar refractivity (Wildman–Crippen MR) is 78.5 cm³/mol. The Labute approximate surface area is 120 Å². The van der Waals surface area contributed by atoms with E-state index in [4.69, 9.17) is 10.5 Å². The van der Waals surface area contributed by atoms with Crippen molar-refractivity contribution in [3.63, 3.8) is 0 Å². The molecule has 1 amide bonds. The summed E-state index contributed by atoms with van der Waals surface area (Å²) in [4.78, 5) is 13.1. The molecule has 0 saturated carbocycles. The van der Waals surface area contributed by atoms with Crippen molar-refractivity contribution in [2.75, 3.05) is 19.8 Å². The standard InChI is InChI=1S/C13H16N2O2S2/c14-12(16)9-17-6-5-15-13(10-3-1-7-18-10)11-4-2-8-19-11/h1-4,7-8,13,15H,5-6,9H2,(H2,14,16). The first-order valence-electron chi connectivity index (χ1n) is 5.93. The second-order valence-electron chi connectivity index (χ2n) is 3.94. The molecule has 0 unspecified atom stereocenters. The highest BCUT2D eigenvalue weighted by atomic mass is 32.1. The van der Waals surface area contributed by atoms with Crippen LogP contribution in [0.3, 0.4) is 0 Å². The third kappa shape index (κ3) is 4.43. The summed E-state index contributed by atoms with van der Waals surface area (Å²) in [6.45, 7) is 1.12. The molecule has 4 nitrogen and oxygen atoms in total. The van der Waals surface area contributed by atoms with Gasteiger partial charge in [0.2, 0.25) is 5.91 Å². The molecule has 2 heterocycles. The smallest absolute Gasteiger partial charge is 0.243 e. The molecule has 19 heavy (non-hydrogen) atoms. The number of primary amides is 1. The van der Waals surface area contributed by atoms with Crippen LogP contribution >= 0.6 is 22.7 Å². The van der Waals surface area contributed by atoms with Crippen LogP contribution in [0, 0.1) is 0 Å². The van der Waals surface area contributed by atoms with Crippen molar-refractivity contribution < 1.29 is 9.53 Å². The molecule has 0 aliphatic carbocycles. The van der Waals surface area contributed by atoms with Crippen molar-refractivity contribution in [2.24, 2.45) is 5.73 Å². The number of ether oxygens (including phenoxy) is 1. The van der Waals surface area contributed by atoms with Gasteiger partial charge in [0.1, 0.15) is 6.61 Å². The molecule has 6 heteroatoms. The van der Waals surface area contributed by atoms with E-state index in [0.29, 0.717) is 13.2 Å². The van der Waals surface area contributed by atoms with Gasteiger partial charge >= 0.3 is 0 Å². The Balaban J connectivity index is 1.87. The lowest BCUT2D eigenvalue weighted by Gasteiger charge is -2.16. The Kier molecular flexibility index (Phi) is 5.53. The van der Waals surface area contributed by atoms with Crippen LogP contribution in [0.4, 0.5) is 0 Å². The molecule has 0 radical (unpaired) electrons. The molecule has 2 rings (SSSR count). The number of hydrogen-bond acceptors (Lipinski definition) is 5. The Morgan fingerprint density at radius 3 is 2.37 bits per heavy atom. The summed E-state index contributed by atoms with van der Waals surface area (Å²) in [6.07, 6.45) is 0. The van der Waals surface area contributed by atoms with Crippen LogP contribution < -0.4 is 11.1 Å². The molecule has 0 aliphatic rings. The molecule has 2 aromatic rings. The minimum atomic E-state index is -0.437. The van der Waals surface area contributed by atoms with E-state index in [0.717, 1.165) is 0 Å². The normalized spacial score (nSPS) is 11.0. The monoisotopic (exact) mass is 296 g/mol. The fourth-order valence-corrected chi connectivity index (χ4v) is 3.41. The Hall–Kier alpha value is -1.21. The van der Waals surface area contributed by atoms with Gasteiger partial charge in [0.15, 0.2) is 0 Å². The fraction of sp³-hybridized carbons (Fsp3) is 0.308. The van der Waals surface area contributed by atoms with E-state index in [-0.39, 0.29) is 12.6 Å². The van der Waals surface area contributed by atoms with Crippen molar-refractivity contribution in [3.05, 3.63) is 44.8 Å². The summed E-state index contributed by atoms with van der Waals surface area (Å²) in [5, 5.41) is 7.58. The van der Waals surface area contributed by atoms with Gasteiger partial charge in [0.05, 0.1) is 12.6 Å². The first-order chi connectivity index (χ1) is 9.27. The molecule has 0 aromatic carbocycles. The lowest BCUT2D eigenvalue weighted by Crippen LogP contribution is -2.27. The van der Waals surface area contributed by atoms with Crippen LogP contribution in [0.1, 0.15) is 15.8 Å². The van der Waals surface area contributed by atoms with E-state index in [1.165, 1.54) is 9.75 Å². The summed E-state index contributed by atoms with van der Waals surface area (Å²) in [5.74, 6) is -0.437. The number of hydrogen-bond donors (Lipinski definition) is 2. The quantitative estimate of drug-likeness (QED) is 0.732. The number of carbonyl (C=O) groups excluding carboxylic acids is 1. The maximum Gasteiger partial charge on any atom is 0.243 e. The first kappa shape index (κ1) is 14.2. The molecule has 0 aliphatic heterocycles. The topological polar surface area (TPSA) is 64.4 Å². The van der Waals surface area contributed by atoms with Gasteiger partial charge in [0.25, 0.3) is 0 Å². The molecular weight excluding hydrogens is 280 g/mol. The number of nitrogens with two attached hydrogens (primary N) is 1. The maximum atomic E-state index is 10.5. The molecule has 0 atom stereocenters. The highest BCUT2D eigenvalue weighted by molar-refractivity contribution is 7.11. The van der Waals surface area contributed by atoms with E-state index in [1.807, 2.05) is 12.1 Å². The second kappa shape index (κ2) is 7.40. The van der Waals surface area contributed by atoms with Crippen LogP contribution in [0.15, 0.2) is 35.0 Å². The van der Waals surface area contributed by atoms with E-state index < -0.39 is 5.91 Å². The number of amides is 1. The number of carbonyl (C=O) groups is 1. The van der Waals surface area contributed by atoms with E-state index in [9.17, 15) is 4.79 Å². The Morgan fingerprint density at radius 2 is 1.89 bits per heavy atom. The molecule has 0 saturated heterocycles. The molecule has 0 fully saturated rings. The van der Waals surface area contributed by atoms with Crippen LogP contribution in [0.5, 0.6) is 0 Å². The highest BCUT2D eigenvalue weighted by Crippen LogP contribution is 2.28. The van der Waals surface area contributed by atoms with Crippen molar-refractivity contribution in [3.8, 4) is 0 Å². The largest absolute Gasteiger partial charge is 0.370 e. The van der Waals surface area contributed by atoms with Crippen LogP contribution in [0.25, 0.3) is 0 Å². The molecule has 3 N–H and O–H groups in total. The van der Waals surface area contributed by atoms with E-state index in [2.05, 4.69) is 28.2 Å². The zero-order chi connectivity index (χ0) is 13.5. The van der Waals surface area contributed by atoms with E-state index in [1.54, 1.807) is 22.7 Å². The lowest BCUT2D eigenvalue weighted by molar-refractivity contribution is -0.122. The molecule has 0 bridgehead atoms. The average Bonchev–Trinajstić information content (AvgIpc) is 3.06. The van der Waals surface area contributed by atoms with Gasteiger partial charge in [-0.2, -0.15) is 0 Å². The molecular formula is C13H16N2O2S2. The van der Waals surface area contributed by atoms with Gasteiger partial charge in [-0.05, 0) is 22.9 Å². The van der Waals surface area contributed by atoms with Gasteiger partial charge in [-0.15, -0.1) is 22.7 Å². The maximum absolute atomic E-state index is 10.5. The minimum Gasteiger partial charge on any atom is -0.370 e.